The topological polar surface area (TPSA) is 101 Å². The molecule has 0 spiro atoms. The summed E-state index contributed by atoms with van der Waals surface area (Å²) in [6.45, 7) is 7.45. The highest BCUT2D eigenvalue weighted by molar-refractivity contribution is 6.30. The number of nitrogens with one attached hydrogen (secondary N) is 2. The first kappa shape index (κ1) is 28.6. The maximum Gasteiger partial charge on any atom is 0.410 e. The van der Waals surface area contributed by atoms with Crippen molar-refractivity contribution in [2.75, 3.05) is 23.7 Å². The third-order valence-corrected chi connectivity index (χ3v) is 8.80. The molecule has 0 radical (unpaired) electrons. The van der Waals surface area contributed by atoms with Crippen LogP contribution in [0.1, 0.15) is 80.2 Å². The van der Waals surface area contributed by atoms with Gasteiger partial charge in [0, 0.05) is 65.9 Å². The summed E-state index contributed by atoms with van der Waals surface area (Å²) < 4.78 is 7.70. The van der Waals surface area contributed by atoms with Crippen LogP contribution in [0.2, 0.25) is 5.02 Å². The fraction of sp³-hybridized carbons (Fsp3) is 0.412. The molecule has 3 aliphatic rings. The molecule has 4 aromatic rings. The van der Waals surface area contributed by atoms with Gasteiger partial charge in [-0.05, 0) is 87.3 Å². The van der Waals surface area contributed by atoms with E-state index in [9.17, 15) is 9.59 Å². The van der Waals surface area contributed by atoms with E-state index in [2.05, 4.69) is 38.5 Å². The molecule has 2 atom stereocenters. The molecule has 10 heteroatoms. The molecule has 1 saturated heterocycles. The Bertz CT molecular complexity index is 1740. The Morgan fingerprint density at radius 3 is 2.61 bits per heavy atom. The predicted octanol–water partition coefficient (Wildman–Crippen LogP) is 6.95. The van der Waals surface area contributed by atoms with Crippen molar-refractivity contribution in [2.45, 2.75) is 69.9 Å². The van der Waals surface area contributed by atoms with Crippen LogP contribution in [0.5, 0.6) is 0 Å². The number of amides is 2. The fourth-order valence-electron chi connectivity index (χ4n) is 5.99. The number of hydrogen-bond donors (Lipinski definition) is 2. The van der Waals surface area contributed by atoms with Crippen molar-refractivity contribution in [3.8, 4) is 0 Å². The molecule has 0 unspecified atom stereocenters. The molecule has 2 saturated carbocycles. The lowest BCUT2D eigenvalue weighted by Gasteiger charge is -2.40. The lowest BCUT2D eigenvalue weighted by Crippen LogP contribution is -2.50. The normalized spacial score (nSPS) is 19.9. The third kappa shape index (κ3) is 6.24. The molecular weight excluding hydrogens is 576 g/mol. The van der Waals surface area contributed by atoms with Crippen molar-refractivity contribution in [1.82, 2.24) is 19.3 Å². The van der Waals surface area contributed by atoms with E-state index in [0.717, 1.165) is 29.0 Å². The number of carbonyl (C=O) groups excluding carboxylic acids is 2. The van der Waals surface area contributed by atoms with Gasteiger partial charge in [-0.3, -0.25) is 4.79 Å². The highest BCUT2D eigenvalue weighted by Crippen LogP contribution is 2.48. The van der Waals surface area contributed by atoms with E-state index >= 15 is 0 Å². The second-order valence-electron chi connectivity index (χ2n) is 13.3. The first-order valence-corrected chi connectivity index (χ1v) is 15.7. The minimum Gasteiger partial charge on any atom is -0.444 e. The number of halogens is 1. The Kier molecular flexibility index (Phi) is 7.23. The second kappa shape index (κ2) is 11.1. The van der Waals surface area contributed by atoms with Crippen LogP contribution in [0.25, 0.3) is 5.65 Å². The van der Waals surface area contributed by atoms with Crippen LogP contribution in [-0.2, 0) is 16.1 Å². The Labute approximate surface area is 262 Å². The summed E-state index contributed by atoms with van der Waals surface area (Å²) in [5.41, 5.74) is 5.80. The Balaban J connectivity index is 1.01. The SMILES string of the molecule is CC(C)(C)OC(=O)N1CC(c2cc(C3CC3)cn3cc(CNc4ccnc(NC(=O)[C@H]5C[C@@H]5c5cccc(Cl)c5)c4)nc23)C1. The number of rotatable bonds is 8. The van der Waals surface area contributed by atoms with Crippen LogP contribution in [0.4, 0.5) is 16.3 Å². The van der Waals surface area contributed by atoms with Crippen molar-refractivity contribution in [3.63, 3.8) is 0 Å². The highest BCUT2D eigenvalue weighted by atomic mass is 35.5. The molecule has 0 bridgehead atoms. The van der Waals surface area contributed by atoms with E-state index in [4.69, 9.17) is 21.3 Å². The Morgan fingerprint density at radius 2 is 1.86 bits per heavy atom. The average molecular weight is 613 g/mol. The predicted molar refractivity (Wildman–Crippen MR) is 170 cm³/mol. The van der Waals surface area contributed by atoms with Crippen LogP contribution in [0.15, 0.2) is 61.1 Å². The number of nitrogens with zero attached hydrogens (tertiary/aromatic N) is 4. The van der Waals surface area contributed by atoms with Crippen LogP contribution in [0.3, 0.4) is 0 Å². The summed E-state index contributed by atoms with van der Waals surface area (Å²) in [6.07, 6.45) is 8.94. The lowest BCUT2D eigenvalue weighted by atomic mass is 9.91. The maximum absolute atomic E-state index is 12.9. The van der Waals surface area contributed by atoms with E-state index < -0.39 is 5.60 Å². The molecule has 3 fully saturated rings. The largest absolute Gasteiger partial charge is 0.444 e. The molecule has 4 heterocycles. The number of imidazole rings is 1. The summed E-state index contributed by atoms with van der Waals surface area (Å²) >= 11 is 6.13. The minimum atomic E-state index is -0.509. The monoisotopic (exact) mass is 612 g/mol. The summed E-state index contributed by atoms with van der Waals surface area (Å²) in [6, 6.07) is 13.7. The van der Waals surface area contributed by atoms with Crippen molar-refractivity contribution >= 4 is 40.8 Å². The molecule has 228 valence electrons. The van der Waals surface area contributed by atoms with Gasteiger partial charge in [0.1, 0.15) is 17.1 Å². The molecular formula is C34H37ClN6O3. The van der Waals surface area contributed by atoms with Gasteiger partial charge in [-0.15, -0.1) is 0 Å². The van der Waals surface area contributed by atoms with Crippen LogP contribution >= 0.6 is 11.6 Å². The Morgan fingerprint density at radius 1 is 1.05 bits per heavy atom. The molecule has 3 aromatic heterocycles. The maximum atomic E-state index is 12.9. The van der Waals surface area contributed by atoms with Gasteiger partial charge in [0.15, 0.2) is 0 Å². The molecule has 1 aliphatic heterocycles. The smallest absolute Gasteiger partial charge is 0.410 e. The zero-order valence-corrected chi connectivity index (χ0v) is 26.0. The van der Waals surface area contributed by atoms with Gasteiger partial charge in [0.25, 0.3) is 0 Å². The number of fused-ring (bicyclic) bond motifs is 1. The number of pyridine rings is 2. The molecule has 2 amide bonds. The number of hydrogen-bond acceptors (Lipinski definition) is 6. The van der Waals surface area contributed by atoms with Crippen LogP contribution < -0.4 is 10.6 Å². The van der Waals surface area contributed by atoms with Crippen molar-refractivity contribution < 1.29 is 14.3 Å². The zero-order chi connectivity index (χ0) is 30.6. The van der Waals surface area contributed by atoms with E-state index in [1.807, 2.05) is 57.2 Å². The summed E-state index contributed by atoms with van der Waals surface area (Å²) in [5.74, 6) is 1.43. The van der Waals surface area contributed by atoms with Gasteiger partial charge < -0.3 is 24.7 Å². The number of ether oxygens (including phenoxy) is 1. The number of anilines is 2. The molecule has 2 N–H and O–H groups in total. The number of aromatic nitrogens is 3. The van der Waals surface area contributed by atoms with E-state index in [-0.39, 0.29) is 29.8 Å². The lowest BCUT2D eigenvalue weighted by molar-refractivity contribution is -0.117. The number of benzene rings is 1. The standard InChI is InChI=1S/C34H37ClN6O3/c1-34(2,3)44-33(43)41-17-23(18-41)28-12-22(20-7-8-20)16-40-19-26(38-31(28)40)15-37-25-9-10-36-30(13-25)39-32(42)29-14-27(29)21-5-4-6-24(35)11-21/h4-6,9-13,16,19-20,23,27,29H,7-8,14-15,17-18H2,1-3H3,(H2,36,37,39,42)/t27-,29+/m1/s1. The average Bonchev–Trinajstić information content (AvgIpc) is 3.87. The van der Waals surface area contributed by atoms with Crippen molar-refractivity contribution in [1.29, 1.82) is 0 Å². The van der Waals surface area contributed by atoms with Crippen molar-refractivity contribution in [2.24, 2.45) is 5.92 Å². The first-order chi connectivity index (χ1) is 21.1. The van der Waals surface area contributed by atoms with E-state index in [0.29, 0.717) is 36.4 Å². The van der Waals surface area contributed by atoms with Gasteiger partial charge in [0.05, 0.1) is 12.2 Å². The van der Waals surface area contributed by atoms with E-state index in [1.54, 1.807) is 11.1 Å². The van der Waals surface area contributed by atoms with Gasteiger partial charge in [-0.1, -0.05) is 23.7 Å². The van der Waals surface area contributed by atoms with E-state index in [1.165, 1.54) is 24.0 Å². The van der Waals surface area contributed by atoms with Crippen LogP contribution in [-0.4, -0.2) is 50.0 Å². The van der Waals surface area contributed by atoms with Crippen molar-refractivity contribution in [3.05, 3.63) is 88.5 Å². The van der Waals surface area contributed by atoms with Gasteiger partial charge >= 0.3 is 6.09 Å². The number of likely N-dealkylation sites (tertiary alicyclic amines) is 1. The third-order valence-electron chi connectivity index (χ3n) is 8.56. The van der Waals surface area contributed by atoms with Gasteiger partial charge in [-0.2, -0.15) is 0 Å². The minimum absolute atomic E-state index is 0.0276. The summed E-state index contributed by atoms with van der Waals surface area (Å²) in [7, 11) is 0. The zero-order valence-electron chi connectivity index (χ0n) is 25.2. The molecule has 1 aromatic carbocycles. The van der Waals surface area contributed by atoms with Crippen LogP contribution in [0, 0.1) is 5.92 Å². The molecule has 9 nitrogen and oxygen atoms in total. The van der Waals surface area contributed by atoms with Gasteiger partial charge in [-0.25, -0.2) is 14.8 Å². The number of carbonyl (C=O) groups is 2. The fourth-order valence-corrected chi connectivity index (χ4v) is 6.18. The second-order valence-corrected chi connectivity index (χ2v) is 13.8. The molecule has 2 aliphatic carbocycles. The highest BCUT2D eigenvalue weighted by Gasteiger charge is 2.44. The summed E-state index contributed by atoms with van der Waals surface area (Å²) in [4.78, 5) is 36.6. The Hall–Kier alpha value is -4.11. The summed E-state index contributed by atoms with van der Waals surface area (Å²) in [5, 5.41) is 7.11. The molecule has 44 heavy (non-hydrogen) atoms. The van der Waals surface area contributed by atoms with Gasteiger partial charge in [0.2, 0.25) is 5.91 Å². The molecule has 7 rings (SSSR count). The first-order valence-electron chi connectivity index (χ1n) is 15.4. The quantitative estimate of drug-likeness (QED) is 0.223.